The molecular formula is C21H26FNO2S. The van der Waals surface area contributed by atoms with Crippen molar-refractivity contribution in [1.82, 2.24) is 4.72 Å². The molecule has 2 aromatic rings. The Morgan fingerprint density at radius 1 is 1.15 bits per heavy atom. The maximum absolute atomic E-state index is 15.0. The van der Waals surface area contributed by atoms with Crippen molar-refractivity contribution in [1.29, 1.82) is 0 Å². The summed E-state index contributed by atoms with van der Waals surface area (Å²) in [6.45, 7) is 5.59. The van der Waals surface area contributed by atoms with Gasteiger partial charge in [-0.3, -0.25) is 0 Å². The maximum Gasteiger partial charge on any atom is 0.119 e. The molecular weight excluding hydrogens is 349 g/mol. The lowest BCUT2D eigenvalue weighted by Crippen LogP contribution is -2.41. The van der Waals surface area contributed by atoms with E-state index in [4.69, 9.17) is 4.74 Å². The molecule has 0 fully saturated rings. The van der Waals surface area contributed by atoms with Crippen molar-refractivity contribution < 1.29 is 13.3 Å². The second kappa shape index (κ2) is 9.10. The number of rotatable bonds is 7. The molecule has 0 bridgehead atoms. The molecule has 0 aromatic heterocycles. The van der Waals surface area contributed by atoms with Gasteiger partial charge in [-0.1, -0.05) is 42.5 Å². The highest BCUT2D eigenvalue weighted by molar-refractivity contribution is 7.84. The molecule has 0 aliphatic rings. The predicted octanol–water partition coefficient (Wildman–Crippen LogP) is 4.67. The zero-order valence-electron chi connectivity index (χ0n) is 15.7. The Morgan fingerprint density at radius 2 is 1.77 bits per heavy atom. The van der Waals surface area contributed by atoms with E-state index in [0.29, 0.717) is 6.42 Å². The summed E-state index contributed by atoms with van der Waals surface area (Å²) < 4.78 is 35.1. The van der Waals surface area contributed by atoms with E-state index in [-0.39, 0.29) is 5.83 Å². The Labute approximate surface area is 157 Å². The van der Waals surface area contributed by atoms with E-state index in [1.165, 1.54) is 6.08 Å². The van der Waals surface area contributed by atoms with Crippen LogP contribution < -0.4 is 9.46 Å². The van der Waals surface area contributed by atoms with Gasteiger partial charge in [0.05, 0.1) is 28.9 Å². The number of methoxy groups -OCH3 is 1. The molecule has 0 saturated carbocycles. The van der Waals surface area contributed by atoms with Gasteiger partial charge >= 0.3 is 0 Å². The van der Waals surface area contributed by atoms with Crippen LogP contribution >= 0.6 is 0 Å². The lowest BCUT2D eigenvalue weighted by molar-refractivity contribution is 0.415. The van der Waals surface area contributed by atoms with Crippen LogP contribution in [0.15, 0.2) is 60.4 Å². The molecule has 26 heavy (non-hydrogen) atoms. The van der Waals surface area contributed by atoms with Crippen LogP contribution in [-0.4, -0.2) is 22.1 Å². The minimum absolute atomic E-state index is 0.350. The van der Waals surface area contributed by atoms with Gasteiger partial charge < -0.3 is 4.74 Å². The van der Waals surface area contributed by atoms with Crippen LogP contribution in [0.4, 0.5) is 4.39 Å². The van der Waals surface area contributed by atoms with Gasteiger partial charge in [0.15, 0.2) is 0 Å². The molecule has 0 aliphatic carbocycles. The average Bonchev–Trinajstić information content (AvgIpc) is 2.61. The van der Waals surface area contributed by atoms with Gasteiger partial charge in [0.1, 0.15) is 11.6 Å². The Kier molecular flexibility index (Phi) is 7.12. The van der Waals surface area contributed by atoms with Crippen molar-refractivity contribution in [3.63, 3.8) is 0 Å². The first kappa shape index (κ1) is 20.3. The first-order valence-electron chi connectivity index (χ1n) is 8.52. The third-order valence-corrected chi connectivity index (χ3v) is 5.45. The summed E-state index contributed by atoms with van der Waals surface area (Å²) >= 11 is 0. The minimum atomic E-state index is -1.38. The third-order valence-electron chi connectivity index (χ3n) is 3.84. The van der Waals surface area contributed by atoms with Gasteiger partial charge in [-0.2, -0.15) is 0 Å². The quantitative estimate of drug-likeness (QED) is 0.764. The average molecular weight is 376 g/mol. The lowest BCUT2D eigenvalue weighted by atomic mass is 10.0. The largest absolute Gasteiger partial charge is 0.497 e. The number of ether oxygens (including phenoxy) is 1. The molecule has 2 rings (SSSR count). The van der Waals surface area contributed by atoms with Crippen molar-refractivity contribution >= 4 is 17.1 Å². The van der Waals surface area contributed by atoms with E-state index in [0.717, 1.165) is 16.9 Å². The Balaban J connectivity index is 2.25. The van der Waals surface area contributed by atoms with E-state index in [1.54, 1.807) is 31.4 Å². The Hall–Kier alpha value is -1.98. The first-order valence-corrected chi connectivity index (χ1v) is 9.67. The highest BCUT2D eigenvalue weighted by atomic mass is 32.2. The maximum atomic E-state index is 15.0. The second-order valence-corrected chi connectivity index (χ2v) is 9.04. The normalized spacial score (nSPS) is 14.7. The molecule has 3 nitrogen and oxygen atoms in total. The number of benzene rings is 2. The fourth-order valence-electron chi connectivity index (χ4n) is 2.31. The molecule has 1 N–H and O–H groups in total. The van der Waals surface area contributed by atoms with Crippen molar-refractivity contribution in [2.24, 2.45) is 0 Å². The summed E-state index contributed by atoms with van der Waals surface area (Å²) in [6, 6.07) is 16.1. The van der Waals surface area contributed by atoms with Crippen molar-refractivity contribution in [2.75, 3.05) is 7.11 Å². The molecule has 0 saturated heterocycles. The van der Waals surface area contributed by atoms with Crippen LogP contribution in [0.25, 0.3) is 6.08 Å². The fraction of sp³-hybridized carbons (Fsp3) is 0.333. The van der Waals surface area contributed by atoms with E-state index >= 15 is 4.39 Å². The van der Waals surface area contributed by atoms with Gasteiger partial charge in [0.25, 0.3) is 0 Å². The first-order chi connectivity index (χ1) is 12.3. The summed E-state index contributed by atoms with van der Waals surface area (Å²) in [6.07, 6.45) is 1.89. The van der Waals surface area contributed by atoms with Gasteiger partial charge in [0.2, 0.25) is 0 Å². The monoisotopic (exact) mass is 375 g/mol. The summed E-state index contributed by atoms with van der Waals surface area (Å²) in [5.74, 6) is 0.368. The van der Waals surface area contributed by atoms with Crippen molar-refractivity contribution in [3.8, 4) is 5.75 Å². The predicted molar refractivity (Wildman–Crippen MR) is 107 cm³/mol. The second-order valence-electron chi connectivity index (χ2n) is 7.04. The van der Waals surface area contributed by atoms with Crippen LogP contribution in [-0.2, 0) is 17.4 Å². The van der Waals surface area contributed by atoms with Gasteiger partial charge in [-0.15, -0.1) is 0 Å². The summed E-state index contributed by atoms with van der Waals surface area (Å²) in [5, 5.41) is 0. The topological polar surface area (TPSA) is 38.3 Å². The van der Waals surface area contributed by atoms with Gasteiger partial charge in [0, 0.05) is 0 Å². The molecule has 0 heterocycles. The standard InChI is InChI=1S/C21H26FNO2S/c1-21(2,3)26(24)23-20(15-16-8-6-5-7-9-16)19(22)14-17-10-12-18(25-4)13-11-17/h5-14,20,23H,15H2,1-4H3/b19-14-/t20-,26?/m0/s1. The number of hydrogen-bond acceptors (Lipinski definition) is 2. The molecule has 0 spiro atoms. The van der Waals surface area contributed by atoms with E-state index < -0.39 is 21.8 Å². The molecule has 2 atom stereocenters. The smallest absolute Gasteiger partial charge is 0.119 e. The zero-order valence-corrected chi connectivity index (χ0v) is 16.5. The molecule has 5 heteroatoms. The molecule has 0 radical (unpaired) electrons. The third kappa shape index (κ3) is 6.07. The van der Waals surface area contributed by atoms with Crippen LogP contribution in [0.1, 0.15) is 31.9 Å². The molecule has 1 unspecified atom stereocenters. The Bertz CT molecular complexity index is 752. The fourth-order valence-corrected chi connectivity index (χ4v) is 3.12. The van der Waals surface area contributed by atoms with E-state index in [2.05, 4.69) is 4.72 Å². The molecule has 0 aliphatic heterocycles. The zero-order chi connectivity index (χ0) is 19.2. The van der Waals surface area contributed by atoms with Crippen LogP contribution in [0.3, 0.4) is 0 Å². The highest BCUT2D eigenvalue weighted by Crippen LogP contribution is 2.20. The van der Waals surface area contributed by atoms with Crippen molar-refractivity contribution in [2.45, 2.75) is 38.0 Å². The van der Waals surface area contributed by atoms with Crippen LogP contribution in [0.2, 0.25) is 0 Å². The number of nitrogens with one attached hydrogen (secondary N) is 1. The SMILES string of the molecule is COc1ccc(/C=C(\F)[C@H](Cc2ccccc2)NS(=O)C(C)(C)C)cc1. The van der Waals surface area contributed by atoms with E-state index in [9.17, 15) is 4.21 Å². The molecule has 0 amide bonds. The lowest BCUT2D eigenvalue weighted by Gasteiger charge is -2.23. The number of hydrogen-bond donors (Lipinski definition) is 1. The van der Waals surface area contributed by atoms with Crippen LogP contribution in [0, 0.1) is 0 Å². The van der Waals surface area contributed by atoms with Gasteiger partial charge in [-0.25, -0.2) is 13.3 Å². The highest BCUT2D eigenvalue weighted by Gasteiger charge is 2.25. The summed E-state index contributed by atoms with van der Waals surface area (Å²) in [5.41, 5.74) is 1.71. The summed E-state index contributed by atoms with van der Waals surface area (Å²) in [7, 11) is 0.215. The molecule has 140 valence electrons. The van der Waals surface area contributed by atoms with Gasteiger partial charge in [-0.05, 0) is 56.5 Å². The summed E-state index contributed by atoms with van der Waals surface area (Å²) in [4.78, 5) is 0. The molecule has 2 aromatic carbocycles. The minimum Gasteiger partial charge on any atom is -0.497 e. The van der Waals surface area contributed by atoms with Crippen molar-refractivity contribution in [3.05, 3.63) is 71.6 Å². The van der Waals surface area contributed by atoms with Crippen LogP contribution in [0.5, 0.6) is 5.75 Å². The Morgan fingerprint density at radius 3 is 2.31 bits per heavy atom. The van der Waals surface area contributed by atoms with E-state index in [1.807, 2.05) is 51.1 Å². The number of halogens is 1.